The molecule has 4 aliphatic carbocycles. The van der Waals surface area contributed by atoms with Crippen LogP contribution in [0.15, 0.2) is 24.3 Å². The van der Waals surface area contributed by atoms with Crippen LogP contribution in [-0.4, -0.2) is 59.2 Å². The van der Waals surface area contributed by atoms with E-state index < -0.39 is 0 Å². The first-order valence-electron chi connectivity index (χ1n) is 11.9. The number of carbonyl (C=O) groups is 1. The second-order valence-corrected chi connectivity index (χ2v) is 10.5. The molecule has 1 aromatic rings. The van der Waals surface area contributed by atoms with Gasteiger partial charge in [0.15, 0.2) is 0 Å². The zero-order chi connectivity index (χ0) is 20.7. The van der Waals surface area contributed by atoms with E-state index in [1.165, 1.54) is 38.5 Å². The summed E-state index contributed by atoms with van der Waals surface area (Å²) in [5, 5.41) is 10.1. The highest BCUT2D eigenvalue weighted by atomic mass is 16.5. The van der Waals surface area contributed by atoms with Crippen LogP contribution in [0.2, 0.25) is 0 Å². The number of ether oxygens (including phenoxy) is 1. The lowest BCUT2D eigenvalue weighted by Gasteiger charge is -2.60. The number of aliphatic hydroxyl groups excluding tert-OH is 1. The van der Waals surface area contributed by atoms with Crippen LogP contribution in [0.25, 0.3) is 0 Å². The van der Waals surface area contributed by atoms with Gasteiger partial charge >= 0.3 is 0 Å². The molecule has 164 valence electrons. The van der Waals surface area contributed by atoms with Crippen molar-refractivity contribution in [2.24, 2.45) is 17.8 Å². The van der Waals surface area contributed by atoms with Crippen LogP contribution < -0.4 is 4.74 Å². The van der Waals surface area contributed by atoms with Gasteiger partial charge in [-0.2, -0.15) is 0 Å². The Morgan fingerprint density at radius 1 is 1.20 bits per heavy atom. The van der Waals surface area contributed by atoms with E-state index in [0.717, 1.165) is 48.5 Å². The van der Waals surface area contributed by atoms with E-state index in [2.05, 4.69) is 21.9 Å². The molecule has 1 saturated heterocycles. The van der Waals surface area contributed by atoms with Crippen molar-refractivity contribution in [2.75, 3.05) is 26.7 Å². The predicted molar refractivity (Wildman–Crippen MR) is 116 cm³/mol. The van der Waals surface area contributed by atoms with Gasteiger partial charge in [-0.3, -0.25) is 9.69 Å². The van der Waals surface area contributed by atoms with Crippen molar-refractivity contribution in [1.29, 1.82) is 0 Å². The molecule has 4 bridgehead atoms. The van der Waals surface area contributed by atoms with Crippen molar-refractivity contribution in [3.05, 3.63) is 29.8 Å². The molecule has 1 unspecified atom stereocenters. The molecule has 1 N–H and O–H groups in total. The molecule has 1 heterocycles. The Balaban J connectivity index is 1.41. The minimum absolute atomic E-state index is 0.0311. The fraction of sp³-hybridized carbons (Fsp3) is 0.720. The van der Waals surface area contributed by atoms with Crippen LogP contribution >= 0.6 is 0 Å². The molecular weight excluding hydrogens is 376 g/mol. The second-order valence-electron chi connectivity index (χ2n) is 10.5. The summed E-state index contributed by atoms with van der Waals surface area (Å²) in [7, 11) is 1.70. The topological polar surface area (TPSA) is 53.0 Å². The monoisotopic (exact) mass is 412 g/mol. The van der Waals surface area contributed by atoms with E-state index in [9.17, 15) is 9.90 Å². The van der Waals surface area contributed by atoms with Gasteiger partial charge in [-0.25, -0.2) is 0 Å². The number of aliphatic hydroxyl groups is 1. The highest BCUT2D eigenvalue weighted by Gasteiger charge is 2.54. The lowest BCUT2D eigenvalue weighted by Crippen LogP contribution is -2.62. The van der Waals surface area contributed by atoms with Gasteiger partial charge in [0, 0.05) is 18.6 Å². The third-order valence-electron chi connectivity index (χ3n) is 8.19. The first-order chi connectivity index (χ1) is 14.5. The molecule has 0 spiro atoms. The van der Waals surface area contributed by atoms with Gasteiger partial charge in [0.25, 0.3) is 0 Å². The Labute approximate surface area is 180 Å². The first kappa shape index (κ1) is 20.3. The van der Waals surface area contributed by atoms with Gasteiger partial charge in [0.1, 0.15) is 5.75 Å². The Kier molecular flexibility index (Phi) is 5.53. The standard InChI is InChI=1S/C25H36N2O3/c1-30-23-6-2-4-18(11-23)15-27(24(29)17-26-7-3-5-22(28)16-26)25-12-19-8-20(13-25)10-21(9-19)14-25/h2,4,6,11,19-22,28H,3,5,7-10,12-17H2,1H3. The molecule has 30 heavy (non-hydrogen) atoms. The van der Waals surface area contributed by atoms with Crippen LogP contribution in [0.4, 0.5) is 0 Å². The number of benzene rings is 1. The number of likely N-dealkylation sites (tertiary alicyclic amines) is 1. The molecule has 4 saturated carbocycles. The molecular formula is C25H36N2O3. The van der Waals surface area contributed by atoms with Crippen molar-refractivity contribution in [2.45, 2.75) is 69.6 Å². The van der Waals surface area contributed by atoms with Gasteiger partial charge in [0.2, 0.25) is 5.91 Å². The largest absolute Gasteiger partial charge is 0.497 e. The number of hydrogen-bond donors (Lipinski definition) is 1. The molecule has 5 aliphatic rings. The van der Waals surface area contributed by atoms with E-state index in [0.29, 0.717) is 19.6 Å². The summed E-state index contributed by atoms with van der Waals surface area (Å²) in [5.41, 5.74) is 1.18. The van der Waals surface area contributed by atoms with Crippen LogP contribution in [0.5, 0.6) is 5.75 Å². The van der Waals surface area contributed by atoms with Crippen molar-refractivity contribution in [3.63, 3.8) is 0 Å². The number of β-amino-alcohol motifs (C(OH)–C–C–N with tert-alkyl or cyclic N) is 1. The molecule has 1 aliphatic heterocycles. The van der Waals surface area contributed by atoms with Gasteiger partial charge < -0.3 is 14.7 Å². The maximum absolute atomic E-state index is 13.8. The lowest BCUT2D eigenvalue weighted by atomic mass is 9.52. The quantitative estimate of drug-likeness (QED) is 0.778. The maximum atomic E-state index is 13.8. The molecule has 6 rings (SSSR count). The number of hydrogen-bond acceptors (Lipinski definition) is 4. The summed E-state index contributed by atoms with van der Waals surface area (Å²) < 4.78 is 5.44. The normalized spacial score (nSPS) is 35.4. The Hall–Kier alpha value is -1.59. The van der Waals surface area contributed by atoms with Gasteiger partial charge in [-0.1, -0.05) is 12.1 Å². The van der Waals surface area contributed by atoms with Crippen LogP contribution in [0.3, 0.4) is 0 Å². The highest BCUT2D eigenvalue weighted by molar-refractivity contribution is 5.79. The number of carbonyl (C=O) groups excluding carboxylic acids is 1. The average Bonchev–Trinajstić information content (AvgIpc) is 2.71. The fourth-order valence-electron chi connectivity index (χ4n) is 7.32. The van der Waals surface area contributed by atoms with E-state index in [1.54, 1.807) is 7.11 Å². The van der Waals surface area contributed by atoms with Crippen LogP contribution in [-0.2, 0) is 11.3 Å². The molecule has 5 fully saturated rings. The van der Waals surface area contributed by atoms with Crippen molar-refractivity contribution in [3.8, 4) is 5.75 Å². The van der Waals surface area contributed by atoms with Gasteiger partial charge in [0.05, 0.1) is 19.8 Å². The summed E-state index contributed by atoms with van der Waals surface area (Å²) in [5.74, 6) is 3.49. The SMILES string of the molecule is COc1cccc(CN(C(=O)CN2CCCC(O)C2)C23CC4CC(CC(C4)C2)C3)c1. The highest BCUT2D eigenvalue weighted by Crippen LogP contribution is 2.58. The van der Waals surface area contributed by atoms with Crippen LogP contribution in [0.1, 0.15) is 56.9 Å². The Bertz CT molecular complexity index is 744. The van der Waals surface area contributed by atoms with Gasteiger partial charge in [-0.15, -0.1) is 0 Å². The van der Waals surface area contributed by atoms with Crippen LogP contribution in [0, 0.1) is 17.8 Å². The van der Waals surface area contributed by atoms with E-state index >= 15 is 0 Å². The molecule has 0 aromatic heterocycles. The zero-order valence-corrected chi connectivity index (χ0v) is 18.3. The summed E-state index contributed by atoms with van der Waals surface area (Å²) in [6.07, 6.45) is 9.19. The second kappa shape index (κ2) is 8.16. The Morgan fingerprint density at radius 3 is 2.53 bits per heavy atom. The van der Waals surface area contributed by atoms with Crippen molar-refractivity contribution < 1.29 is 14.6 Å². The first-order valence-corrected chi connectivity index (χ1v) is 11.9. The minimum atomic E-state index is -0.294. The zero-order valence-electron chi connectivity index (χ0n) is 18.3. The number of methoxy groups -OCH3 is 1. The molecule has 5 nitrogen and oxygen atoms in total. The summed E-state index contributed by atoms with van der Waals surface area (Å²) in [6, 6.07) is 8.19. The third kappa shape index (κ3) is 3.99. The molecule has 5 heteroatoms. The maximum Gasteiger partial charge on any atom is 0.237 e. The number of piperidine rings is 1. The van der Waals surface area contributed by atoms with E-state index in [4.69, 9.17) is 4.74 Å². The summed E-state index contributed by atoms with van der Waals surface area (Å²) in [6.45, 7) is 2.64. The molecule has 1 aromatic carbocycles. The lowest BCUT2D eigenvalue weighted by molar-refractivity contribution is -0.154. The molecule has 1 amide bonds. The average molecular weight is 413 g/mol. The summed E-state index contributed by atoms with van der Waals surface area (Å²) >= 11 is 0. The predicted octanol–water partition coefficient (Wildman–Crippen LogP) is 3.45. The van der Waals surface area contributed by atoms with Crippen molar-refractivity contribution >= 4 is 5.91 Å². The molecule has 1 atom stereocenters. The fourth-order valence-corrected chi connectivity index (χ4v) is 7.32. The third-order valence-corrected chi connectivity index (χ3v) is 8.19. The number of nitrogens with zero attached hydrogens (tertiary/aromatic N) is 2. The smallest absolute Gasteiger partial charge is 0.237 e. The van der Waals surface area contributed by atoms with Gasteiger partial charge in [-0.05, 0) is 93.4 Å². The minimum Gasteiger partial charge on any atom is -0.497 e. The molecule has 0 radical (unpaired) electrons. The summed E-state index contributed by atoms with van der Waals surface area (Å²) in [4.78, 5) is 18.2. The van der Waals surface area contributed by atoms with Crippen molar-refractivity contribution in [1.82, 2.24) is 9.80 Å². The number of rotatable bonds is 6. The van der Waals surface area contributed by atoms with E-state index in [1.807, 2.05) is 12.1 Å². The number of amides is 1. The van der Waals surface area contributed by atoms with E-state index in [-0.39, 0.29) is 17.6 Å². The Morgan fingerprint density at radius 2 is 1.90 bits per heavy atom.